The van der Waals surface area contributed by atoms with E-state index in [2.05, 4.69) is 19.2 Å². The molecule has 0 saturated heterocycles. The normalized spacial score (nSPS) is 12.2. The van der Waals surface area contributed by atoms with Crippen molar-refractivity contribution < 1.29 is 9.90 Å². The summed E-state index contributed by atoms with van der Waals surface area (Å²) in [6.07, 6.45) is 1.67. The summed E-state index contributed by atoms with van der Waals surface area (Å²) < 4.78 is 0. The number of amides is 1. The van der Waals surface area contributed by atoms with Crippen LogP contribution < -0.4 is 5.32 Å². The van der Waals surface area contributed by atoms with E-state index in [0.717, 1.165) is 18.4 Å². The molecule has 0 aromatic heterocycles. The first-order chi connectivity index (χ1) is 9.29. The van der Waals surface area contributed by atoms with Crippen molar-refractivity contribution in [3.63, 3.8) is 0 Å². The van der Waals surface area contributed by atoms with E-state index in [1.54, 1.807) is 0 Å². The lowest BCUT2D eigenvalue weighted by molar-refractivity contribution is -0.126. The Hall–Kier alpha value is -1.35. The summed E-state index contributed by atoms with van der Waals surface area (Å²) in [4.78, 5) is 12.4. The predicted octanol–water partition coefficient (Wildman–Crippen LogP) is 2.88. The molecule has 0 aliphatic rings. The SMILES string of the molecule is CC(C)(CCCO)CNC(=O)C(C)(C)c1ccccc1. The van der Waals surface area contributed by atoms with Crippen molar-refractivity contribution in [2.45, 2.75) is 46.0 Å². The lowest BCUT2D eigenvalue weighted by Crippen LogP contribution is -2.43. The summed E-state index contributed by atoms with van der Waals surface area (Å²) in [5, 5.41) is 11.9. The molecule has 1 aromatic rings. The van der Waals surface area contributed by atoms with Crippen LogP contribution in [0, 0.1) is 5.41 Å². The Bertz CT molecular complexity index is 424. The van der Waals surface area contributed by atoms with Crippen molar-refractivity contribution in [2.24, 2.45) is 5.41 Å². The van der Waals surface area contributed by atoms with Gasteiger partial charge in [0.05, 0.1) is 5.41 Å². The van der Waals surface area contributed by atoms with Crippen LogP contribution in [0.1, 0.15) is 46.1 Å². The van der Waals surface area contributed by atoms with Crippen LogP contribution in [0.2, 0.25) is 0 Å². The summed E-state index contributed by atoms with van der Waals surface area (Å²) in [6.45, 7) is 8.93. The first kappa shape index (κ1) is 16.7. The van der Waals surface area contributed by atoms with E-state index in [9.17, 15) is 4.79 Å². The molecular formula is C17H27NO2. The number of carbonyl (C=O) groups is 1. The highest BCUT2D eigenvalue weighted by molar-refractivity contribution is 5.87. The summed E-state index contributed by atoms with van der Waals surface area (Å²) in [7, 11) is 0. The van der Waals surface area contributed by atoms with Crippen LogP contribution in [0.15, 0.2) is 30.3 Å². The fourth-order valence-electron chi connectivity index (χ4n) is 2.17. The number of carbonyl (C=O) groups excluding carboxylic acids is 1. The van der Waals surface area contributed by atoms with Crippen molar-refractivity contribution in [1.82, 2.24) is 5.32 Å². The van der Waals surface area contributed by atoms with Crippen LogP contribution in [0.3, 0.4) is 0 Å². The lowest BCUT2D eigenvalue weighted by Gasteiger charge is -2.29. The molecule has 3 heteroatoms. The van der Waals surface area contributed by atoms with E-state index in [1.807, 2.05) is 44.2 Å². The lowest BCUT2D eigenvalue weighted by atomic mass is 9.82. The fraction of sp³-hybridized carbons (Fsp3) is 0.588. The number of nitrogens with one attached hydrogen (secondary N) is 1. The van der Waals surface area contributed by atoms with Gasteiger partial charge in [-0.25, -0.2) is 0 Å². The quantitative estimate of drug-likeness (QED) is 0.805. The monoisotopic (exact) mass is 277 g/mol. The van der Waals surface area contributed by atoms with Gasteiger partial charge in [-0.05, 0) is 37.7 Å². The molecule has 0 fully saturated rings. The van der Waals surface area contributed by atoms with E-state index in [4.69, 9.17) is 5.11 Å². The highest BCUT2D eigenvalue weighted by atomic mass is 16.2. The van der Waals surface area contributed by atoms with Crippen molar-refractivity contribution in [3.8, 4) is 0 Å². The highest BCUT2D eigenvalue weighted by Crippen LogP contribution is 2.25. The average Bonchev–Trinajstić information content (AvgIpc) is 2.43. The van der Waals surface area contributed by atoms with Crippen LogP contribution in [0.5, 0.6) is 0 Å². The molecule has 0 unspecified atom stereocenters. The van der Waals surface area contributed by atoms with Crippen molar-refractivity contribution in [2.75, 3.05) is 13.2 Å². The van der Waals surface area contributed by atoms with Crippen LogP contribution in [0.4, 0.5) is 0 Å². The van der Waals surface area contributed by atoms with Gasteiger partial charge in [-0.3, -0.25) is 4.79 Å². The first-order valence-corrected chi connectivity index (χ1v) is 7.24. The molecule has 0 spiro atoms. The highest BCUT2D eigenvalue weighted by Gasteiger charge is 2.30. The van der Waals surface area contributed by atoms with Gasteiger partial charge in [-0.1, -0.05) is 44.2 Å². The van der Waals surface area contributed by atoms with Gasteiger partial charge in [0.15, 0.2) is 0 Å². The second-order valence-electron chi connectivity index (χ2n) is 6.67. The average molecular weight is 277 g/mol. The molecule has 1 aromatic carbocycles. The molecule has 0 atom stereocenters. The van der Waals surface area contributed by atoms with Gasteiger partial charge in [0.2, 0.25) is 5.91 Å². The van der Waals surface area contributed by atoms with Crippen LogP contribution >= 0.6 is 0 Å². The van der Waals surface area contributed by atoms with Crippen LogP contribution in [-0.4, -0.2) is 24.2 Å². The summed E-state index contributed by atoms with van der Waals surface area (Å²) in [5.41, 5.74) is 0.491. The Kier molecular flexibility index (Phi) is 5.75. The van der Waals surface area contributed by atoms with E-state index in [0.29, 0.717) is 6.54 Å². The number of aliphatic hydroxyl groups is 1. The summed E-state index contributed by atoms with van der Waals surface area (Å²) in [6, 6.07) is 9.83. The molecule has 0 aliphatic heterocycles. The molecule has 0 saturated carbocycles. The molecule has 1 amide bonds. The third-order valence-corrected chi connectivity index (χ3v) is 3.80. The minimum atomic E-state index is -0.533. The van der Waals surface area contributed by atoms with Gasteiger partial charge >= 0.3 is 0 Å². The van der Waals surface area contributed by atoms with Crippen LogP contribution in [0.25, 0.3) is 0 Å². The number of aliphatic hydroxyl groups excluding tert-OH is 1. The summed E-state index contributed by atoms with van der Waals surface area (Å²) in [5.74, 6) is 0.0424. The van der Waals surface area contributed by atoms with Crippen molar-refractivity contribution in [3.05, 3.63) is 35.9 Å². The van der Waals surface area contributed by atoms with Gasteiger partial charge in [-0.15, -0.1) is 0 Å². The minimum Gasteiger partial charge on any atom is -0.396 e. The van der Waals surface area contributed by atoms with Gasteiger partial charge in [0.25, 0.3) is 0 Å². The Morgan fingerprint density at radius 2 is 1.75 bits per heavy atom. The summed E-state index contributed by atoms with van der Waals surface area (Å²) >= 11 is 0. The van der Waals surface area contributed by atoms with Gasteiger partial charge in [0.1, 0.15) is 0 Å². The maximum absolute atomic E-state index is 12.4. The Morgan fingerprint density at radius 1 is 1.15 bits per heavy atom. The van der Waals surface area contributed by atoms with Crippen LogP contribution in [-0.2, 0) is 10.2 Å². The number of hydrogen-bond acceptors (Lipinski definition) is 2. The van der Waals surface area contributed by atoms with E-state index in [-0.39, 0.29) is 17.9 Å². The second kappa shape index (κ2) is 6.89. The molecule has 0 radical (unpaired) electrons. The molecule has 2 N–H and O–H groups in total. The topological polar surface area (TPSA) is 49.3 Å². The standard InChI is InChI=1S/C17H27NO2/c1-16(2,11-8-12-19)13-18-15(20)17(3,4)14-9-6-5-7-10-14/h5-7,9-10,19H,8,11-13H2,1-4H3,(H,18,20). The predicted molar refractivity (Wildman–Crippen MR) is 82.6 cm³/mol. The molecule has 112 valence electrons. The molecular weight excluding hydrogens is 250 g/mol. The zero-order valence-electron chi connectivity index (χ0n) is 13.1. The first-order valence-electron chi connectivity index (χ1n) is 7.24. The van der Waals surface area contributed by atoms with Gasteiger partial charge in [-0.2, -0.15) is 0 Å². The fourth-order valence-corrected chi connectivity index (χ4v) is 2.17. The third kappa shape index (κ3) is 4.64. The number of rotatable bonds is 7. The largest absolute Gasteiger partial charge is 0.396 e. The second-order valence-corrected chi connectivity index (χ2v) is 6.67. The molecule has 0 heterocycles. The van der Waals surface area contributed by atoms with Gasteiger partial charge in [0, 0.05) is 13.2 Å². The number of benzene rings is 1. The minimum absolute atomic E-state index is 0.00512. The Labute approximate surface area is 122 Å². The molecule has 0 bridgehead atoms. The van der Waals surface area contributed by atoms with Crippen molar-refractivity contribution >= 4 is 5.91 Å². The molecule has 0 aliphatic carbocycles. The van der Waals surface area contributed by atoms with Gasteiger partial charge < -0.3 is 10.4 Å². The zero-order chi connectivity index (χ0) is 15.2. The van der Waals surface area contributed by atoms with E-state index in [1.165, 1.54) is 0 Å². The Balaban J connectivity index is 2.62. The molecule has 20 heavy (non-hydrogen) atoms. The maximum atomic E-state index is 12.4. The smallest absolute Gasteiger partial charge is 0.230 e. The van der Waals surface area contributed by atoms with E-state index >= 15 is 0 Å². The number of hydrogen-bond donors (Lipinski definition) is 2. The third-order valence-electron chi connectivity index (χ3n) is 3.80. The molecule has 1 rings (SSSR count). The maximum Gasteiger partial charge on any atom is 0.230 e. The molecule has 3 nitrogen and oxygen atoms in total. The zero-order valence-corrected chi connectivity index (χ0v) is 13.1. The Morgan fingerprint density at radius 3 is 2.30 bits per heavy atom. The van der Waals surface area contributed by atoms with E-state index < -0.39 is 5.41 Å². The van der Waals surface area contributed by atoms with Crippen molar-refractivity contribution in [1.29, 1.82) is 0 Å².